The first-order valence-electron chi connectivity index (χ1n) is 8.98. The largest absolute Gasteiger partial charge is 0.381 e. The molecule has 1 N–H and O–H groups in total. The van der Waals surface area contributed by atoms with Crippen molar-refractivity contribution in [2.75, 3.05) is 46.0 Å². The highest BCUT2D eigenvalue weighted by Crippen LogP contribution is 2.37. The molecule has 1 spiro atoms. The minimum Gasteiger partial charge on any atom is -0.381 e. The number of hydrogen-bond acceptors (Lipinski definition) is 4. The number of piperidine rings is 1. The molecule has 0 radical (unpaired) electrons. The van der Waals surface area contributed by atoms with Gasteiger partial charge in [0.05, 0.1) is 5.60 Å². The Morgan fingerprint density at radius 3 is 2.86 bits per heavy atom. The average Bonchev–Trinajstić information content (AvgIpc) is 2.54. The molecule has 0 aromatic heterocycles. The molecule has 0 aromatic carbocycles. The van der Waals surface area contributed by atoms with E-state index in [1.165, 1.54) is 45.3 Å². The van der Waals surface area contributed by atoms with Crippen molar-refractivity contribution in [3.63, 3.8) is 0 Å². The van der Waals surface area contributed by atoms with Crippen LogP contribution in [0.5, 0.6) is 0 Å². The summed E-state index contributed by atoms with van der Waals surface area (Å²) in [6.07, 6.45) is 7.40. The van der Waals surface area contributed by atoms with E-state index in [-0.39, 0.29) is 5.60 Å². The van der Waals surface area contributed by atoms with E-state index in [9.17, 15) is 0 Å². The first-order chi connectivity index (χ1) is 10.3. The summed E-state index contributed by atoms with van der Waals surface area (Å²) in [5, 5.41) is 3.53. The summed E-state index contributed by atoms with van der Waals surface area (Å²) in [6, 6.07) is 0.737. The molecule has 0 saturated carbocycles. The van der Waals surface area contributed by atoms with Gasteiger partial charge in [0, 0.05) is 32.4 Å². The SMILES string of the molecule is CCNCC1CCCN(C2CCOC3(CCOCC3)C2)C1. The molecule has 0 aliphatic carbocycles. The second kappa shape index (κ2) is 7.40. The van der Waals surface area contributed by atoms with Crippen LogP contribution in [-0.2, 0) is 9.47 Å². The Labute approximate surface area is 129 Å². The smallest absolute Gasteiger partial charge is 0.0741 e. The summed E-state index contributed by atoms with van der Waals surface area (Å²) >= 11 is 0. The molecular formula is C17H32N2O2. The molecular weight excluding hydrogens is 264 g/mol. The van der Waals surface area contributed by atoms with Gasteiger partial charge < -0.3 is 14.8 Å². The van der Waals surface area contributed by atoms with Crippen LogP contribution in [0, 0.1) is 5.92 Å². The van der Waals surface area contributed by atoms with Gasteiger partial charge in [0.25, 0.3) is 0 Å². The van der Waals surface area contributed by atoms with Crippen LogP contribution in [0.1, 0.15) is 45.4 Å². The Morgan fingerprint density at radius 2 is 2.05 bits per heavy atom. The highest BCUT2D eigenvalue weighted by atomic mass is 16.5. The first-order valence-corrected chi connectivity index (χ1v) is 8.98. The third-order valence-electron chi connectivity index (χ3n) is 5.62. The zero-order chi connectivity index (χ0) is 14.5. The highest BCUT2D eigenvalue weighted by Gasteiger charge is 2.41. The standard InChI is InChI=1S/C17H32N2O2/c1-2-18-13-15-4-3-8-19(14-15)16-5-9-21-17(12-16)6-10-20-11-7-17/h15-16,18H,2-14H2,1H3. The first kappa shape index (κ1) is 15.7. The third kappa shape index (κ3) is 3.98. The number of ether oxygens (including phenoxy) is 2. The summed E-state index contributed by atoms with van der Waals surface area (Å²) in [5.74, 6) is 0.840. The number of likely N-dealkylation sites (tertiary alicyclic amines) is 1. The topological polar surface area (TPSA) is 33.7 Å². The molecule has 3 fully saturated rings. The van der Waals surface area contributed by atoms with Gasteiger partial charge in [-0.25, -0.2) is 0 Å². The van der Waals surface area contributed by atoms with E-state index in [1.807, 2.05) is 0 Å². The summed E-state index contributed by atoms with van der Waals surface area (Å²) in [7, 11) is 0. The average molecular weight is 296 g/mol. The van der Waals surface area contributed by atoms with Crippen LogP contribution >= 0.6 is 0 Å². The van der Waals surface area contributed by atoms with Gasteiger partial charge >= 0.3 is 0 Å². The van der Waals surface area contributed by atoms with E-state index in [2.05, 4.69) is 17.1 Å². The van der Waals surface area contributed by atoms with E-state index >= 15 is 0 Å². The predicted octanol–water partition coefficient (Wildman–Crippen LogP) is 2.04. The van der Waals surface area contributed by atoms with Crippen LogP contribution in [0.2, 0.25) is 0 Å². The molecule has 0 aromatic rings. The van der Waals surface area contributed by atoms with Crippen LogP contribution in [0.4, 0.5) is 0 Å². The van der Waals surface area contributed by atoms with Crippen molar-refractivity contribution in [2.24, 2.45) is 5.92 Å². The highest BCUT2D eigenvalue weighted by molar-refractivity contribution is 4.93. The van der Waals surface area contributed by atoms with Crippen LogP contribution in [0.15, 0.2) is 0 Å². The maximum atomic E-state index is 6.20. The fourth-order valence-electron chi connectivity index (χ4n) is 4.35. The van der Waals surface area contributed by atoms with Crippen molar-refractivity contribution in [2.45, 2.75) is 57.1 Å². The van der Waals surface area contributed by atoms with Crippen molar-refractivity contribution < 1.29 is 9.47 Å². The van der Waals surface area contributed by atoms with E-state index in [0.29, 0.717) is 0 Å². The summed E-state index contributed by atoms with van der Waals surface area (Å²) in [5.41, 5.74) is 0.135. The van der Waals surface area contributed by atoms with Gasteiger partial charge in [-0.15, -0.1) is 0 Å². The quantitative estimate of drug-likeness (QED) is 0.861. The number of nitrogens with zero attached hydrogens (tertiary/aromatic N) is 1. The van der Waals surface area contributed by atoms with Crippen molar-refractivity contribution in [3.05, 3.63) is 0 Å². The van der Waals surface area contributed by atoms with Crippen LogP contribution in [0.25, 0.3) is 0 Å². The molecule has 0 bridgehead atoms. The lowest BCUT2D eigenvalue weighted by Gasteiger charge is -2.48. The van der Waals surface area contributed by atoms with Gasteiger partial charge in [-0.2, -0.15) is 0 Å². The Hall–Kier alpha value is -0.160. The van der Waals surface area contributed by atoms with E-state index in [1.54, 1.807) is 0 Å². The van der Waals surface area contributed by atoms with Crippen molar-refractivity contribution >= 4 is 0 Å². The summed E-state index contributed by atoms with van der Waals surface area (Å²) in [6.45, 7) is 9.77. The van der Waals surface area contributed by atoms with Crippen LogP contribution in [-0.4, -0.2) is 62.5 Å². The second-order valence-electron chi connectivity index (χ2n) is 7.10. The maximum absolute atomic E-state index is 6.20. The number of nitrogens with one attached hydrogen (secondary N) is 1. The molecule has 21 heavy (non-hydrogen) atoms. The van der Waals surface area contributed by atoms with Crippen molar-refractivity contribution in [1.82, 2.24) is 10.2 Å². The molecule has 3 aliphatic rings. The predicted molar refractivity (Wildman–Crippen MR) is 84.6 cm³/mol. The lowest BCUT2D eigenvalue weighted by molar-refractivity contribution is -0.153. The lowest BCUT2D eigenvalue weighted by Crippen LogP contribution is -2.53. The molecule has 0 amide bonds. The van der Waals surface area contributed by atoms with Crippen LogP contribution in [0.3, 0.4) is 0 Å². The zero-order valence-electron chi connectivity index (χ0n) is 13.6. The monoisotopic (exact) mass is 296 g/mol. The third-order valence-corrected chi connectivity index (χ3v) is 5.62. The Kier molecular flexibility index (Phi) is 5.54. The second-order valence-corrected chi connectivity index (χ2v) is 7.10. The van der Waals surface area contributed by atoms with Crippen molar-refractivity contribution in [3.8, 4) is 0 Å². The molecule has 4 heteroatoms. The fraction of sp³-hybridized carbons (Fsp3) is 1.00. The molecule has 3 saturated heterocycles. The lowest BCUT2D eigenvalue weighted by atomic mass is 9.82. The Balaban J connectivity index is 1.55. The fourth-order valence-corrected chi connectivity index (χ4v) is 4.35. The Bertz CT molecular complexity index is 312. The molecule has 3 rings (SSSR count). The molecule has 2 atom stereocenters. The van der Waals surface area contributed by atoms with Gasteiger partial charge in [-0.05, 0) is 64.1 Å². The number of rotatable bonds is 4. The molecule has 122 valence electrons. The molecule has 2 unspecified atom stereocenters. The Morgan fingerprint density at radius 1 is 1.19 bits per heavy atom. The molecule has 3 heterocycles. The zero-order valence-corrected chi connectivity index (χ0v) is 13.6. The van der Waals surface area contributed by atoms with Gasteiger partial charge in [-0.3, -0.25) is 4.90 Å². The maximum Gasteiger partial charge on any atom is 0.0741 e. The van der Waals surface area contributed by atoms with E-state index < -0.39 is 0 Å². The summed E-state index contributed by atoms with van der Waals surface area (Å²) < 4.78 is 11.7. The van der Waals surface area contributed by atoms with Gasteiger partial charge in [-0.1, -0.05) is 6.92 Å². The van der Waals surface area contributed by atoms with Gasteiger partial charge in [0.2, 0.25) is 0 Å². The van der Waals surface area contributed by atoms with E-state index in [4.69, 9.17) is 9.47 Å². The van der Waals surface area contributed by atoms with Crippen molar-refractivity contribution in [1.29, 1.82) is 0 Å². The molecule has 4 nitrogen and oxygen atoms in total. The summed E-state index contributed by atoms with van der Waals surface area (Å²) in [4.78, 5) is 2.77. The van der Waals surface area contributed by atoms with E-state index in [0.717, 1.165) is 51.2 Å². The molecule has 3 aliphatic heterocycles. The van der Waals surface area contributed by atoms with Gasteiger partial charge in [0.1, 0.15) is 0 Å². The number of hydrogen-bond donors (Lipinski definition) is 1. The van der Waals surface area contributed by atoms with Gasteiger partial charge in [0.15, 0.2) is 0 Å². The minimum atomic E-state index is 0.135. The normalized spacial score (nSPS) is 34.1. The van der Waals surface area contributed by atoms with Crippen LogP contribution < -0.4 is 5.32 Å². The minimum absolute atomic E-state index is 0.135.